The third-order valence-electron chi connectivity index (χ3n) is 4.27. The third kappa shape index (κ3) is 3.68. The van der Waals surface area contributed by atoms with E-state index in [2.05, 4.69) is 4.98 Å². The molecule has 0 aliphatic heterocycles. The molecular formula is C20H13F3N2O3S. The Kier molecular flexibility index (Phi) is 4.75. The molecule has 1 aromatic carbocycles. The van der Waals surface area contributed by atoms with Crippen molar-refractivity contribution in [1.82, 2.24) is 9.38 Å². The summed E-state index contributed by atoms with van der Waals surface area (Å²) in [7, 11) is 0. The fourth-order valence-electron chi connectivity index (χ4n) is 2.95. The summed E-state index contributed by atoms with van der Waals surface area (Å²) >= 11 is 0.977. The topological polar surface area (TPSA) is 63.8 Å². The van der Waals surface area contributed by atoms with Crippen LogP contribution in [0.15, 0.2) is 60.9 Å². The summed E-state index contributed by atoms with van der Waals surface area (Å²) in [6, 6.07) is 12.0. The highest BCUT2D eigenvalue weighted by molar-refractivity contribution is 7.17. The van der Waals surface area contributed by atoms with Crippen molar-refractivity contribution in [2.24, 2.45) is 0 Å². The second kappa shape index (κ2) is 7.25. The maximum absolute atomic E-state index is 13.2. The number of halogens is 3. The largest absolute Gasteiger partial charge is 0.487 e. The van der Waals surface area contributed by atoms with Crippen LogP contribution in [0.1, 0.15) is 20.8 Å². The van der Waals surface area contributed by atoms with E-state index in [-0.39, 0.29) is 16.2 Å². The van der Waals surface area contributed by atoms with Crippen molar-refractivity contribution in [3.63, 3.8) is 0 Å². The number of benzene rings is 1. The van der Waals surface area contributed by atoms with E-state index in [1.165, 1.54) is 24.3 Å². The lowest BCUT2D eigenvalue weighted by molar-refractivity contribution is -0.138. The van der Waals surface area contributed by atoms with E-state index in [0.717, 1.165) is 17.4 Å². The number of aromatic nitrogens is 2. The summed E-state index contributed by atoms with van der Waals surface area (Å²) < 4.78 is 46.8. The Hall–Kier alpha value is -3.33. The zero-order chi connectivity index (χ0) is 20.6. The fourth-order valence-corrected chi connectivity index (χ4v) is 3.90. The number of ether oxygens (including phenoxy) is 1. The first-order chi connectivity index (χ1) is 13.8. The molecule has 0 fully saturated rings. The van der Waals surface area contributed by atoms with Crippen molar-refractivity contribution in [2.45, 2.75) is 12.8 Å². The lowest BCUT2D eigenvalue weighted by atomic mass is 10.1. The highest BCUT2D eigenvalue weighted by atomic mass is 32.1. The highest BCUT2D eigenvalue weighted by Gasteiger charge is 2.33. The van der Waals surface area contributed by atoms with Gasteiger partial charge in [0, 0.05) is 17.8 Å². The van der Waals surface area contributed by atoms with Gasteiger partial charge in [0.25, 0.3) is 0 Å². The van der Waals surface area contributed by atoms with Gasteiger partial charge < -0.3 is 9.84 Å². The van der Waals surface area contributed by atoms with Crippen LogP contribution in [-0.2, 0) is 12.8 Å². The van der Waals surface area contributed by atoms with Crippen LogP contribution >= 0.6 is 11.3 Å². The van der Waals surface area contributed by atoms with Gasteiger partial charge in [-0.1, -0.05) is 24.3 Å². The highest BCUT2D eigenvalue weighted by Crippen LogP contribution is 2.38. The number of nitrogens with zero attached hydrogens (tertiary/aromatic N) is 2. The van der Waals surface area contributed by atoms with E-state index < -0.39 is 24.3 Å². The number of pyridine rings is 1. The minimum Gasteiger partial charge on any atom is -0.487 e. The van der Waals surface area contributed by atoms with Crippen LogP contribution in [-0.4, -0.2) is 20.5 Å². The molecule has 0 aliphatic carbocycles. The fraction of sp³-hybridized carbons (Fsp3) is 0.100. The first-order valence-corrected chi connectivity index (χ1v) is 9.24. The molecule has 0 bridgehead atoms. The number of aromatic carboxylic acids is 1. The van der Waals surface area contributed by atoms with Gasteiger partial charge >= 0.3 is 12.1 Å². The molecule has 1 N–H and O–H groups in total. The number of thiophene rings is 1. The van der Waals surface area contributed by atoms with E-state index in [1.54, 1.807) is 22.9 Å². The van der Waals surface area contributed by atoms with Gasteiger partial charge in [0.1, 0.15) is 18.0 Å². The van der Waals surface area contributed by atoms with Crippen LogP contribution in [0.25, 0.3) is 16.2 Å². The van der Waals surface area contributed by atoms with Crippen LogP contribution < -0.4 is 4.74 Å². The summed E-state index contributed by atoms with van der Waals surface area (Å²) in [5, 5.41) is 9.50. The first kappa shape index (κ1) is 19.0. The molecule has 0 saturated heterocycles. The van der Waals surface area contributed by atoms with Crippen molar-refractivity contribution in [1.29, 1.82) is 0 Å². The van der Waals surface area contributed by atoms with Gasteiger partial charge in [-0.25, -0.2) is 9.78 Å². The number of rotatable bonds is 5. The van der Waals surface area contributed by atoms with Crippen molar-refractivity contribution < 1.29 is 27.8 Å². The second-order valence-electron chi connectivity index (χ2n) is 6.13. The predicted molar refractivity (Wildman–Crippen MR) is 101 cm³/mol. The Labute approximate surface area is 166 Å². The Morgan fingerprint density at radius 3 is 2.69 bits per heavy atom. The van der Waals surface area contributed by atoms with E-state index in [1.807, 2.05) is 12.1 Å². The number of hydrogen-bond donors (Lipinski definition) is 1. The Balaban J connectivity index is 1.68. The van der Waals surface area contributed by atoms with E-state index >= 15 is 0 Å². The molecule has 0 radical (unpaired) electrons. The molecule has 0 spiro atoms. The van der Waals surface area contributed by atoms with Gasteiger partial charge in [-0.05, 0) is 18.2 Å². The zero-order valence-electron chi connectivity index (χ0n) is 14.7. The van der Waals surface area contributed by atoms with Crippen LogP contribution in [0.5, 0.6) is 5.75 Å². The lowest BCUT2D eigenvalue weighted by Crippen LogP contribution is -2.11. The van der Waals surface area contributed by atoms with Crippen LogP contribution in [0.4, 0.5) is 13.2 Å². The molecular weight excluding hydrogens is 405 g/mol. The van der Waals surface area contributed by atoms with Crippen LogP contribution in [0, 0.1) is 0 Å². The summed E-state index contributed by atoms with van der Waals surface area (Å²) in [6.45, 7) is -0.403. The molecule has 0 saturated carbocycles. The SMILES string of the molecule is O=C(O)c1sc(-c2cnc3ccccn23)cc1OCc1ccccc1C(F)(F)F. The number of imidazole rings is 1. The van der Waals surface area contributed by atoms with E-state index in [0.29, 0.717) is 16.2 Å². The number of carbonyl (C=O) groups is 1. The Morgan fingerprint density at radius 1 is 1.17 bits per heavy atom. The van der Waals surface area contributed by atoms with Crippen molar-refractivity contribution in [3.05, 3.63) is 76.9 Å². The summed E-state index contributed by atoms with van der Waals surface area (Å²) in [6.07, 6.45) is -1.13. The monoisotopic (exact) mass is 418 g/mol. The maximum Gasteiger partial charge on any atom is 0.416 e. The van der Waals surface area contributed by atoms with Gasteiger partial charge in [0.2, 0.25) is 0 Å². The predicted octanol–water partition coefficient (Wildman–Crippen LogP) is 5.36. The molecule has 3 aromatic heterocycles. The number of alkyl halides is 3. The maximum atomic E-state index is 13.2. The average molecular weight is 418 g/mol. The molecule has 9 heteroatoms. The third-order valence-corrected chi connectivity index (χ3v) is 5.39. The minimum atomic E-state index is -4.52. The summed E-state index contributed by atoms with van der Waals surface area (Å²) in [5.74, 6) is -1.20. The number of carboxylic acid groups (broad SMARTS) is 1. The normalized spacial score (nSPS) is 11.7. The molecule has 29 heavy (non-hydrogen) atoms. The van der Waals surface area contributed by atoms with Gasteiger partial charge in [-0.15, -0.1) is 11.3 Å². The number of carboxylic acids is 1. The average Bonchev–Trinajstić information content (AvgIpc) is 3.30. The van der Waals surface area contributed by atoms with Crippen molar-refractivity contribution >= 4 is 23.0 Å². The molecule has 0 amide bonds. The van der Waals surface area contributed by atoms with Gasteiger partial charge in [0.05, 0.1) is 22.3 Å². The van der Waals surface area contributed by atoms with Crippen LogP contribution in [0.3, 0.4) is 0 Å². The van der Waals surface area contributed by atoms with Gasteiger partial charge in [-0.3, -0.25) is 4.40 Å². The molecule has 0 atom stereocenters. The van der Waals surface area contributed by atoms with Crippen LogP contribution in [0.2, 0.25) is 0 Å². The first-order valence-electron chi connectivity index (χ1n) is 8.42. The molecule has 3 heterocycles. The minimum absolute atomic E-state index is 0.0142. The lowest BCUT2D eigenvalue weighted by Gasteiger charge is -2.13. The standard InChI is InChI=1S/C20H13F3N2O3S/c21-20(22,23)13-6-2-1-5-12(13)11-28-15-9-16(29-18(15)19(26)27)14-10-24-17-7-3-4-8-25(14)17/h1-10H,11H2,(H,26,27). The molecule has 4 aromatic rings. The summed E-state index contributed by atoms with van der Waals surface area (Å²) in [4.78, 5) is 16.4. The zero-order valence-corrected chi connectivity index (χ0v) is 15.5. The number of fused-ring (bicyclic) bond motifs is 1. The summed E-state index contributed by atoms with van der Waals surface area (Å²) in [5.41, 5.74) is 0.473. The quantitative estimate of drug-likeness (QED) is 0.474. The van der Waals surface area contributed by atoms with Gasteiger partial charge in [0.15, 0.2) is 4.88 Å². The Bertz CT molecular complexity index is 1200. The molecule has 0 unspecified atom stereocenters. The second-order valence-corrected chi connectivity index (χ2v) is 7.18. The van der Waals surface area contributed by atoms with E-state index in [4.69, 9.17) is 4.74 Å². The molecule has 5 nitrogen and oxygen atoms in total. The molecule has 148 valence electrons. The molecule has 4 rings (SSSR count). The number of hydrogen-bond acceptors (Lipinski definition) is 4. The van der Waals surface area contributed by atoms with Crippen molar-refractivity contribution in [2.75, 3.05) is 0 Å². The van der Waals surface area contributed by atoms with Gasteiger partial charge in [-0.2, -0.15) is 13.2 Å². The van der Waals surface area contributed by atoms with E-state index in [9.17, 15) is 23.1 Å². The smallest absolute Gasteiger partial charge is 0.416 e. The Morgan fingerprint density at radius 2 is 1.93 bits per heavy atom. The van der Waals surface area contributed by atoms with Crippen molar-refractivity contribution in [3.8, 4) is 16.3 Å². The molecule has 0 aliphatic rings.